The summed E-state index contributed by atoms with van der Waals surface area (Å²) in [6.45, 7) is 5.72. The Morgan fingerprint density at radius 2 is 1.80 bits per heavy atom. The van der Waals surface area contributed by atoms with Crippen LogP contribution in [-0.2, 0) is 4.79 Å². The van der Waals surface area contributed by atoms with Gasteiger partial charge in [-0.05, 0) is 0 Å². The number of carbonyl (C=O) groups excluding carboxylic acids is 1. The lowest BCUT2D eigenvalue weighted by molar-refractivity contribution is -0.897. The molecule has 1 saturated heterocycles. The van der Waals surface area contributed by atoms with Crippen LogP contribution in [-0.4, -0.2) is 48.2 Å². The van der Waals surface area contributed by atoms with Gasteiger partial charge in [-0.3, -0.25) is 4.79 Å². The molecule has 0 atom stereocenters. The molecular formula is C12H24NO2+. The topological polar surface area (TPSA) is 37.3 Å². The Kier molecular flexibility index (Phi) is 3.56. The Bertz CT molecular complexity index is 236. The second-order valence-electron chi connectivity index (χ2n) is 5.91. The van der Waals surface area contributed by atoms with Crippen LogP contribution in [0.5, 0.6) is 0 Å². The Morgan fingerprint density at radius 1 is 1.33 bits per heavy atom. The van der Waals surface area contributed by atoms with Crippen LogP contribution in [0.1, 0.15) is 33.1 Å². The number of ketones is 1. The number of nitrogens with zero attached hydrogens (tertiary/aromatic N) is 1. The molecule has 88 valence electrons. The number of rotatable bonds is 3. The Balaban J connectivity index is 2.52. The summed E-state index contributed by atoms with van der Waals surface area (Å²) in [5, 5.41) is 10.3. The number of Topliss-reactive ketones (excluding diaryl/α,β-unsaturated/α-hetero) is 1. The number of quaternary nitrogens is 1. The highest BCUT2D eigenvalue weighted by atomic mass is 16.3. The van der Waals surface area contributed by atoms with E-state index in [9.17, 15) is 9.90 Å². The van der Waals surface area contributed by atoms with E-state index in [2.05, 4.69) is 14.1 Å². The molecule has 0 unspecified atom stereocenters. The van der Waals surface area contributed by atoms with Crippen molar-refractivity contribution in [3.8, 4) is 0 Å². The lowest BCUT2D eigenvalue weighted by Crippen LogP contribution is -2.53. The lowest BCUT2D eigenvalue weighted by atomic mass is 9.84. The maximum Gasteiger partial charge on any atom is 0.138 e. The van der Waals surface area contributed by atoms with Crippen molar-refractivity contribution in [1.82, 2.24) is 0 Å². The van der Waals surface area contributed by atoms with E-state index in [4.69, 9.17) is 0 Å². The fourth-order valence-electron chi connectivity index (χ4n) is 1.96. The fraction of sp³-hybridized carbons (Fsp3) is 0.917. The molecule has 1 rings (SSSR count). The molecule has 15 heavy (non-hydrogen) atoms. The van der Waals surface area contributed by atoms with Crippen molar-refractivity contribution in [3.63, 3.8) is 0 Å². The molecule has 0 radical (unpaired) electrons. The highest BCUT2D eigenvalue weighted by Gasteiger charge is 2.38. The van der Waals surface area contributed by atoms with Crippen molar-refractivity contribution < 1.29 is 14.4 Å². The maximum atomic E-state index is 11.6. The summed E-state index contributed by atoms with van der Waals surface area (Å²) in [7, 11) is 4.34. The van der Waals surface area contributed by atoms with Gasteiger partial charge < -0.3 is 9.59 Å². The molecule has 3 heteroatoms. The van der Waals surface area contributed by atoms with E-state index in [1.54, 1.807) is 0 Å². The third-order valence-electron chi connectivity index (χ3n) is 3.51. The van der Waals surface area contributed by atoms with Gasteiger partial charge in [0, 0.05) is 25.2 Å². The minimum Gasteiger partial charge on any atom is -0.389 e. The Hall–Kier alpha value is -0.410. The second kappa shape index (κ2) is 4.22. The van der Waals surface area contributed by atoms with Crippen molar-refractivity contribution in [2.45, 2.75) is 38.7 Å². The standard InChI is InChI=1S/C12H24NO2/c1-10(2)11(14)9-12(15)5-7-13(3,4)8-6-12/h10,15H,5-9H2,1-4H3/q+1. The van der Waals surface area contributed by atoms with Crippen LogP contribution in [0, 0.1) is 5.92 Å². The number of carbonyl (C=O) groups is 1. The summed E-state index contributed by atoms with van der Waals surface area (Å²) in [6, 6.07) is 0. The second-order valence-corrected chi connectivity index (χ2v) is 5.91. The van der Waals surface area contributed by atoms with Crippen molar-refractivity contribution >= 4 is 5.78 Å². The molecule has 1 heterocycles. The zero-order valence-corrected chi connectivity index (χ0v) is 10.4. The SMILES string of the molecule is CC(C)C(=O)CC1(O)CC[N+](C)(C)CC1. The summed E-state index contributed by atoms with van der Waals surface area (Å²) in [6.07, 6.45) is 1.83. The van der Waals surface area contributed by atoms with Gasteiger partial charge in [0.25, 0.3) is 0 Å². The third-order valence-corrected chi connectivity index (χ3v) is 3.51. The molecule has 0 aromatic carbocycles. The van der Waals surface area contributed by atoms with Crippen molar-refractivity contribution in [1.29, 1.82) is 0 Å². The molecule has 0 bridgehead atoms. The van der Waals surface area contributed by atoms with Crippen LogP contribution in [0.15, 0.2) is 0 Å². The van der Waals surface area contributed by atoms with Crippen LogP contribution in [0.25, 0.3) is 0 Å². The molecule has 0 aromatic heterocycles. The Labute approximate surface area is 92.7 Å². The molecule has 0 amide bonds. The van der Waals surface area contributed by atoms with Crippen LogP contribution in [0.3, 0.4) is 0 Å². The van der Waals surface area contributed by atoms with Crippen LogP contribution >= 0.6 is 0 Å². The number of likely N-dealkylation sites (tertiary alicyclic amines) is 1. The summed E-state index contributed by atoms with van der Waals surface area (Å²) in [5.74, 6) is 0.225. The highest BCUT2D eigenvalue weighted by Crippen LogP contribution is 2.28. The zero-order chi connectivity index (χ0) is 11.7. The number of piperidine rings is 1. The van der Waals surface area contributed by atoms with E-state index in [1.807, 2.05) is 13.8 Å². The minimum absolute atomic E-state index is 0.0402. The predicted molar refractivity (Wildman–Crippen MR) is 60.5 cm³/mol. The van der Waals surface area contributed by atoms with Crippen LogP contribution in [0.2, 0.25) is 0 Å². The van der Waals surface area contributed by atoms with Crippen LogP contribution in [0.4, 0.5) is 0 Å². The van der Waals surface area contributed by atoms with Crippen molar-refractivity contribution in [3.05, 3.63) is 0 Å². The summed E-state index contributed by atoms with van der Waals surface area (Å²) in [4.78, 5) is 11.6. The summed E-state index contributed by atoms with van der Waals surface area (Å²) in [5.41, 5.74) is -0.727. The van der Waals surface area contributed by atoms with E-state index in [1.165, 1.54) is 0 Å². The van der Waals surface area contributed by atoms with Gasteiger partial charge >= 0.3 is 0 Å². The smallest absolute Gasteiger partial charge is 0.138 e. The quantitative estimate of drug-likeness (QED) is 0.717. The molecule has 1 N–H and O–H groups in total. The van der Waals surface area contributed by atoms with E-state index < -0.39 is 5.60 Å². The minimum atomic E-state index is -0.727. The first-order valence-electron chi connectivity index (χ1n) is 5.81. The fourth-order valence-corrected chi connectivity index (χ4v) is 1.96. The van der Waals surface area contributed by atoms with Crippen molar-refractivity contribution in [2.24, 2.45) is 5.92 Å². The molecule has 1 fully saturated rings. The van der Waals surface area contributed by atoms with Gasteiger partial charge in [0.2, 0.25) is 0 Å². The summed E-state index contributed by atoms with van der Waals surface area (Å²) >= 11 is 0. The molecule has 0 spiro atoms. The average molecular weight is 214 g/mol. The van der Waals surface area contributed by atoms with E-state index in [0.29, 0.717) is 6.42 Å². The maximum absolute atomic E-state index is 11.6. The number of hydrogen-bond donors (Lipinski definition) is 1. The van der Waals surface area contributed by atoms with Gasteiger partial charge in [-0.15, -0.1) is 0 Å². The van der Waals surface area contributed by atoms with Gasteiger partial charge in [0.15, 0.2) is 0 Å². The van der Waals surface area contributed by atoms with Gasteiger partial charge in [-0.1, -0.05) is 13.8 Å². The number of aliphatic hydroxyl groups is 1. The molecule has 1 aliphatic rings. The van der Waals surface area contributed by atoms with E-state index >= 15 is 0 Å². The lowest BCUT2D eigenvalue weighted by Gasteiger charge is -2.41. The normalized spacial score (nSPS) is 24.1. The van der Waals surface area contributed by atoms with Gasteiger partial charge in [0.1, 0.15) is 5.78 Å². The highest BCUT2D eigenvalue weighted by molar-refractivity contribution is 5.81. The van der Waals surface area contributed by atoms with Gasteiger partial charge in [-0.2, -0.15) is 0 Å². The molecule has 0 aliphatic carbocycles. The molecule has 1 aliphatic heterocycles. The molecule has 3 nitrogen and oxygen atoms in total. The molecule has 0 saturated carbocycles. The molecular weight excluding hydrogens is 190 g/mol. The number of hydrogen-bond acceptors (Lipinski definition) is 2. The third kappa shape index (κ3) is 3.58. The predicted octanol–water partition coefficient (Wildman–Crippen LogP) is 1.20. The van der Waals surface area contributed by atoms with Crippen LogP contribution < -0.4 is 0 Å². The summed E-state index contributed by atoms with van der Waals surface area (Å²) < 4.78 is 0.957. The van der Waals surface area contributed by atoms with Gasteiger partial charge in [0.05, 0.1) is 32.8 Å². The first kappa shape index (κ1) is 12.7. The van der Waals surface area contributed by atoms with Gasteiger partial charge in [-0.25, -0.2) is 0 Å². The Morgan fingerprint density at radius 3 is 2.20 bits per heavy atom. The molecule has 0 aromatic rings. The first-order chi connectivity index (χ1) is 6.74. The van der Waals surface area contributed by atoms with E-state index in [0.717, 1.165) is 30.4 Å². The first-order valence-corrected chi connectivity index (χ1v) is 5.81. The zero-order valence-electron chi connectivity index (χ0n) is 10.4. The average Bonchev–Trinajstić information content (AvgIpc) is 2.11. The van der Waals surface area contributed by atoms with E-state index in [-0.39, 0.29) is 11.7 Å². The van der Waals surface area contributed by atoms with Crippen molar-refractivity contribution in [2.75, 3.05) is 27.2 Å². The monoisotopic (exact) mass is 214 g/mol. The largest absolute Gasteiger partial charge is 0.389 e.